The Hall–Kier alpha value is -1.71. The number of anilines is 1. The summed E-state index contributed by atoms with van der Waals surface area (Å²) in [5, 5.41) is 2.99. The van der Waals surface area contributed by atoms with E-state index in [2.05, 4.69) is 19.2 Å². The van der Waals surface area contributed by atoms with Gasteiger partial charge in [0.15, 0.2) is 0 Å². The fourth-order valence-electron chi connectivity index (χ4n) is 1.83. The molecule has 2 rings (SSSR count). The normalized spacial score (nSPS) is 20.8. The quantitative estimate of drug-likeness (QED) is 0.784. The molecule has 4 heteroatoms. The van der Waals surface area contributed by atoms with Crippen molar-refractivity contribution in [2.75, 3.05) is 12.8 Å². The number of benzene rings is 1. The maximum absolute atomic E-state index is 12.0. The molecule has 1 aliphatic rings. The number of ether oxygens (including phenoxy) is 1. The topological polar surface area (TPSA) is 64.3 Å². The highest BCUT2D eigenvalue weighted by Crippen LogP contribution is 2.44. The second kappa shape index (κ2) is 3.95. The molecule has 1 aromatic rings. The zero-order chi connectivity index (χ0) is 12.6. The Kier molecular flexibility index (Phi) is 2.73. The number of carbonyl (C=O) groups excluding carboxylic acids is 1. The highest BCUT2D eigenvalue weighted by molar-refractivity contribution is 5.96. The third-order valence-corrected chi connectivity index (χ3v) is 3.25. The van der Waals surface area contributed by atoms with Crippen molar-refractivity contribution in [3.63, 3.8) is 0 Å². The average Bonchev–Trinajstić information content (AvgIpc) is 2.85. The van der Waals surface area contributed by atoms with E-state index >= 15 is 0 Å². The molecule has 4 nitrogen and oxygen atoms in total. The summed E-state index contributed by atoms with van der Waals surface area (Å²) >= 11 is 0. The SMILES string of the molecule is COc1cc(N)cc(C(=O)NC2CC2(C)C)c1. The summed E-state index contributed by atoms with van der Waals surface area (Å²) in [7, 11) is 1.56. The summed E-state index contributed by atoms with van der Waals surface area (Å²) in [6.07, 6.45) is 1.03. The van der Waals surface area contributed by atoms with Crippen LogP contribution < -0.4 is 15.8 Å². The molecule has 0 radical (unpaired) electrons. The van der Waals surface area contributed by atoms with Crippen molar-refractivity contribution in [3.8, 4) is 5.75 Å². The van der Waals surface area contributed by atoms with Gasteiger partial charge in [-0.15, -0.1) is 0 Å². The molecule has 0 spiro atoms. The zero-order valence-electron chi connectivity index (χ0n) is 10.4. The van der Waals surface area contributed by atoms with Gasteiger partial charge in [0.25, 0.3) is 5.91 Å². The monoisotopic (exact) mass is 234 g/mol. The van der Waals surface area contributed by atoms with Gasteiger partial charge in [-0.1, -0.05) is 13.8 Å². The van der Waals surface area contributed by atoms with Crippen molar-refractivity contribution < 1.29 is 9.53 Å². The first-order chi connectivity index (χ1) is 7.92. The van der Waals surface area contributed by atoms with E-state index in [1.165, 1.54) is 0 Å². The number of amides is 1. The van der Waals surface area contributed by atoms with E-state index in [9.17, 15) is 4.79 Å². The van der Waals surface area contributed by atoms with Gasteiger partial charge in [-0.05, 0) is 24.0 Å². The maximum Gasteiger partial charge on any atom is 0.251 e. The second-order valence-corrected chi connectivity index (χ2v) is 5.21. The van der Waals surface area contributed by atoms with E-state index in [4.69, 9.17) is 10.5 Å². The van der Waals surface area contributed by atoms with Crippen LogP contribution in [0.2, 0.25) is 0 Å². The molecule has 3 N–H and O–H groups in total. The third kappa shape index (κ3) is 2.52. The van der Waals surface area contributed by atoms with E-state index in [0.717, 1.165) is 6.42 Å². The smallest absolute Gasteiger partial charge is 0.251 e. The summed E-state index contributed by atoms with van der Waals surface area (Å²) < 4.78 is 5.09. The zero-order valence-corrected chi connectivity index (χ0v) is 10.4. The predicted octanol–water partition coefficient (Wildman–Crippen LogP) is 1.81. The van der Waals surface area contributed by atoms with Gasteiger partial charge < -0.3 is 15.8 Å². The Morgan fingerprint density at radius 2 is 2.12 bits per heavy atom. The van der Waals surface area contributed by atoms with Crippen molar-refractivity contribution in [2.45, 2.75) is 26.3 Å². The van der Waals surface area contributed by atoms with Gasteiger partial charge in [0.05, 0.1) is 7.11 Å². The van der Waals surface area contributed by atoms with Gasteiger partial charge in [0.1, 0.15) is 5.75 Å². The molecule has 1 saturated carbocycles. The molecular weight excluding hydrogens is 216 g/mol. The van der Waals surface area contributed by atoms with Gasteiger partial charge in [-0.25, -0.2) is 0 Å². The number of methoxy groups -OCH3 is 1. The molecule has 92 valence electrons. The number of carbonyl (C=O) groups is 1. The number of nitrogens with one attached hydrogen (secondary N) is 1. The Bertz CT molecular complexity index is 455. The van der Waals surface area contributed by atoms with Crippen molar-refractivity contribution in [3.05, 3.63) is 23.8 Å². The van der Waals surface area contributed by atoms with Crippen LogP contribution in [-0.4, -0.2) is 19.1 Å². The summed E-state index contributed by atoms with van der Waals surface area (Å²) in [5.41, 5.74) is 7.01. The van der Waals surface area contributed by atoms with Crippen LogP contribution in [0.3, 0.4) is 0 Å². The largest absolute Gasteiger partial charge is 0.497 e. The number of nitrogens with two attached hydrogens (primary N) is 1. The minimum absolute atomic E-state index is 0.0915. The van der Waals surface area contributed by atoms with Gasteiger partial charge >= 0.3 is 0 Å². The molecule has 1 fully saturated rings. The predicted molar refractivity (Wildman–Crippen MR) is 67.1 cm³/mol. The van der Waals surface area contributed by atoms with Gasteiger partial charge in [0, 0.05) is 23.4 Å². The number of hydrogen-bond donors (Lipinski definition) is 2. The molecule has 1 amide bonds. The minimum atomic E-state index is -0.0915. The lowest BCUT2D eigenvalue weighted by Gasteiger charge is -2.09. The van der Waals surface area contributed by atoms with Crippen molar-refractivity contribution in [2.24, 2.45) is 5.41 Å². The van der Waals surface area contributed by atoms with Crippen LogP contribution in [0, 0.1) is 5.41 Å². The van der Waals surface area contributed by atoms with Crippen LogP contribution in [0.25, 0.3) is 0 Å². The highest BCUT2D eigenvalue weighted by atomic mass is 16.5. The van der Waals surface area contributed by atoms with E-state index in [1.807, 2.05) is 0 Å². The van der Waals surface area contributed by atoms with E-state index in [1.54, 1.807) is 25.3 Å². The molecule has 1 unspecified atom stereocenters. The first-order valence-corrected chi connectivity index (χ1v) is 5.68. The molecule has 17 heavy (non-hydrogen) atoms. The highest BCUT2D eigenvalue weighted by Gasteiger charge is 2.46. The van der Waals surface area contributed by atoms with E-state index < -0.39 is 0 Å². The second-order valence-electron chi connectivity index (χ2n) is 5.21. The molecule has 1 aliphatic carbocycles. The molecule has 0 aromatic heterocycles. The molecule has 1 aromatic carbocycles. The molecule has 0 aliphatic heterocycles. The van der Waals surface area contributed by atoms with E-state index in [-0.39, 0.29) is 17.4 Å². The molecule has 0 bridgehead atoms. The van der Waals surface area contributed by atoms with Gasteiger partial charge in [0.2, 0.25) is 0 Å². The lowest BCUT2D eigenvalue weighted by molar-refractivity contribution is 0.0946. The number of nitrogen functional groups attached to an aromatic ring is 1. The number of rotatable bonds is 3. The molecule has 0 heterocycles. The molecule has 0 saturated heterocycles. The Balaban J connectivity index is 2.11. The van der Waals surface area contributed by atoms with Crippen LogP contribution in [0.4, 0.5) is 5.69 Å². The van der Waals surface area contributed by atoms with Crippen LogP contribution >= 0.6 is 0 Å². The van der Waals surface area contributed by atoms with Crippen molar-refractivity contribution >= 4 is 11.6 Å². The maximum atomic E-state index is 12.0. The Labute approximate surface area is 101 Å². The minimum Gasteiger partial charge on any atom is -0.497 e. The Morgan fingerprint density at radius 3 is 2.65 bits per heavy atom. The summed E-state index contributed by atoms with van der Waals surface area (Å²) in [5.74, 6) is 0.511. The first kappa shape index (κ1) is 11.8. The fraction of sp³-hybridized carbons (Fsp3) is 0.462. The van der Waals surface area contributed by atoms with Crippen molar-refractivity contribution in [1.29, 1.82) is 0 Å². The van der Waals surface area contributed by atoms with Gasteiger partial charge in [-0.2, -0.15) is 0 Å². The third-order valence-electron chi connectivity index (χ3n) is 3.25. The number of hydrogen-bond acceptors (Lipinski definition) is 3. The van der Waals surface area contributed by atoms with Crippen LogP contribution in [-0.2, 0) is 0 Å². The van der Waals surface area contributed by atoms with Crippen LogP contribution in [0.15, 0.2) is 18.2 Å². The average molecular weight is 234 g/mol. The summed E-state index contributed by atoms with van der Waals surface area (Å²) in [4.78, 5) is 12.0. The standard InChI is InChI=1S/C13H18N2O2/c1-13(2)7-11(13)15-12(16)8-4-9(14)6-10(5-8)17-3/h4-6,11H,7,14H2,1-3H3,(H,15,16). The lowest BCUT2D eigenvalue weighted by Crippen LogP contribution is -2.28. The fourth-order valence-corrected chi connectivity index (χ4v) is 1.83. The van der Waals surface area contributed by atoms with Crippen LogP contribution in [0.1, 0.15) is 30.6 Å². The Morgan fingerprint density at radius 1 is 1.47 bits per heavy atom. The van der Waals surface area contributed by atoms with E-state index in [0.29, 0.717) is 17.0 Å². The van der Waals surface area contributed by atoms with Crippen molar-refractivity contribution in [1.82, 2.24) is 5.32 Å². The first-order valence-electron chi connectivity index (χ1n) is 5.68. The summed E-state index contributed by atoms with van der Waals surface area (Å²) in [6.45, 7) is 4.27. The van der Waals surface area contributed by atoms with Crippen LogP contribution in [0.5, 0.6) is 5.75 Å². The molecular formula is C13H18N2O2. The summed E-state index contributed by atoms with van der Waals surface area (Å²) in [6, 6.07) is 5.31. The molecule has 1 atom stereocenters. The lowest BCUT2D eigenvalue weighted by atomic mass is 10.1. The van der Waals surface area contributed by atoms with Gasteiger partial charge in [-0.3, -0.25) is 4.79 Å².